The molecule has 2 atom stereocenters. The van der Waals surface area contributed by atoms with Crippen LogP contribution in [0.1, 0.15) is 25.0 Å². The summed E-state index contributed by atoms with van der Waals surface area (Å²) in [5, 5.41) is 9.53. The molecule has 2 unspecified atom stereocenters. The normalized spacial score (nSPS) is 18.5. The summed E-state index contributed by atoms with van der Waals surface area (Å²) in [6, 6.07) is 12.3. The highest BCUT2D eigenvalue weighted by Crippen LogP contribution is 2.41. The van der Waals surface area contributed by atoms with Gasteiger partial charge in [-0.15, -0.1) is 0 Å². The first-order valence-corrected chi connectivity index (χ1v) is 8.10. The molecule has 2 aromatic carbocycles. The van der Waals surface area contributed by atoms with Crippen molar-refractivity contribution in [2.75, 3.05) is 13.7 Å². The van der Waals surface area contributed by atoms with Gasteiger partial charge >= 0.3 is 5.97 Å². The van der Waals surface area contributed by atoms with E-state index in [2.05, 4.69) is 0 Å². The van der Waals surface area contributed by atoms with Crippen molar-refractivity contribution in [1.82, 2.24) is 0 Å². The van der Waals surface area contributed by atoms with Crippen LogP contribution in [0.3, 0.4) is 0 Å². The van der Waals surface area contributed by atoms with Crippen molar-refractivity contribution in [2.24, 2.45) is 0 Å². The van der Waals surface area contributed by atoms with Crippen LogP contribution in [-0.4, -0.2) is 30.9 Å². The maximum Gasteiger partial charge on any atom is 0.349 e. The third-order valence-corrected chi connectivity index (χ3v) is 3.85. The van der Waals surface area contributed by atoms with Gasteiger partial charge in [-0.3, -0.25) is 0 Å². The van der Waals surface area contributed by atoms with Crippen LogP contribution in [-0.2, 0) is 4.79 Å². The molecule has 0 bridgehead atoms. The average Bonchev–Trinajstić information content (AvgIpc) is 2.65. The van der Waals surface area contributed by atoms with Crippen LogP contribution < -0.4 is 18.9 Å². The number of ether oxygens (including phenoxy) is 4. The fraction of sp³-hybridized carbons (Fsp3) is 0.316. The lowest BCUT2D eigenvalue weighted by molar-refractivity contribution is -0.151. The number of methoxy groups -OCH3 is 1. The molecule has 132 valence electrons. The van der Waals surface area contributed by atoms with Crippen LogP contribution in [0.15, 0.2) is 42.5 Å². The molecule has 0 spiro atoms. The van der Waals surface area contributed by atoms with Gasteiger partial charge in [-0.2, -0.15) is 0 Å². The SMILES string of the molecule is CCCOc1ccc(C2Oc3ccccc3OC2C(=O)O)cc1OC. The fourth-order valence-corrected chi connectivity index (χ4v) is 2.66. The molecule has 25 heavy (non-hydrogen) atoms. The highest BCUT2D eigenvalue weighted by molar-refractivity contribution is 5.75. The molecule has 0 amide bonds. The van der Waals surface area contributed by atoms with Crippen molar-refractivity contribution in [3.63, 3.8) is 0 Å². The highest BCUT2D eigenvalue weighted by atomic mass is 16.6. The van der Waals surface area contributed by atoms with Crippen LogP contribution in [0.5, 0.6) is 23.0 Å². The molecule has 6 heteroatoms. The van der Waals surface area contributed by atoms with Crippen molar-refractivity contribution in [3.05, 3.63) is 48.0 Å². The van der Waals surface area contributed by atoms with Crippen molar-refractivity contribution in [2.45, 2.75) is 25.6 Å². The van der Waals surface area contributed by atoms with E-state index in [9.17, 15) is 9.90 Å². The Labute approximate surface area is 145 Å². The molecule has 0 aliphatic carbocycles. The number of carboxylic acids is 1. The smallest absolute Gasteiger partial charge is 0.349 e. The molecule has 3 rings (SSSR count). The van der Waals surface area contributed by atoms with E-state index >= 15 is 0 Å². The van der Waals surface area contributed by atoms with E-state index in [4.69, 9.17) is 18.9 Å². The molecule has 6 nitrogen and oxygen atoms in total. The van der Waals surface area contributed by atoms with E-state index in [0.717, 1.165) is 6.42 Å². The molecule has 1 heterocycles. The third-order valence-electron chi connectivity index (χ3n) is 3.85. The summed E-state index contributed by atoms with van der Waals surface area (Å²) >= 11 is 0. The van der Waals surface area contributed by atoms with Crippen molar-refractivity contribution in [3.8, 4) is 23.0 Å². The zero-order valence-corrected chi connectivity index (χ0v) is 14.1. The Morgan fingerprint density at radius 1 is 1.12 bits per heavy atom. The summed E-state index contributed by atoms with van der Waals surface area (Å²) in [5.41, 5.74) is 0.641. The Hall–Kier alpha value is -2.89. The standard InChI is InChI=1S/C19H20O6/c1-3-10-23-13-9-8-12(11-16(13)22-2)17-18(19(20)21)25-15-7-5-4-6-14(15)24-17/h4-9,11,17-18H,3,10H2,1-2H3,(H,20,21). The van der Waals surface area contributed by atoms with Gasteiger partial charge in [0, 0.05) is 5.56 Å². The molecule has 0 fully saturated rings. The number of para-hydroxylation sites is 2. The van der Waals surface area contributed by atoms with E-state index in [-0.39, 0.29) is 0 Å². The minimum absolute atomic E-state index is 0.418. The number of carboxylic acid groups (broad SMARTS) is 1. The molecule has 1 N–H and O–H groups in total. The van der Waals surface area contributed by atoms with Gasteiger partial charge in [0.1, 0.15) is 0 Å². The Kier molecular flexibility index (Phi) is 4.97. The minimum atomic E-state index is -1.15. The summed E-state index contributed by atoms with van der Waals surface area (Å²) < 4.78 is 22.5. The van der Waals surface area contributed by atoms with Gasteiger partial charge in [0.15, 0.2) is 29.1 Å². The van der Waals surface area contributed by atoms with Gasteiger partial charge in [0.25, 0.3) is 0 Å². The molecule has 2 aromatic rings. The lowest BCUT2D eigenvalue weighted by atomic mass is 10.0. The van der Waals surface area contributed by atoms with Crippen LogP contribution in [0.4, 0.5) is 0 Å². The second-order valence-corrected chi connectivity index (χ2v) is 5.62. The van der Waals surface area contributed by atoms with Crippen molar-refractivity contribution < 1.29 is 28.8 Å². The van der Waals surface area contributed by atoms with Gasteiger partial charge in [-0.05, 0) is 30.7 Å². The van der Waals surface area contributed by atoms with Crippen LogP contribution in [0.2, 0.25) is 0 Å². The largest absolute Gasteiger partial charge is 0.493 e. The Morgan fingerprint density at radius 2 is 1.84 bits per heavy atom. The van der Waals surface area contributed by atoms with Crippen molar-refractivity contribution in [1.29, 1.82) is 0 Å². The maximum atomic E-state index is 11.6. The van der Waals surface area contributed by atoms with Crippen LogP contribution in [0.25, 0.3) is 0 Å². The molecule has 0 saturated carbocycles. The second kappa shape index (κ2) is 7.34. The predicted molar refractivity (Wildman–Crippen MR) is 90.6 cm³/mol. The van der Waals surface area contributed by atoms with Crippen LogP contribution in [0, 0.1) is 0 Å². The zero-order valence-electron chi connectivity index (χ0n) is 14.1. The number of carbonyl (C=O) groups is 1. The fourth-order valence-electron chi connectivity index (χ4n) is 2.66. The summed E-state index contributed by atoms with van der Waals surface area (Å²) in [5.74, 6) is 0.968. The van der Waals surface area contributed by atoms with Gasteiger partial charge in [0.2, 0.25) is 6.10 Å². The first-order chi connectivity index (χ1) is 12.1. The van der Waals surface area contributed by atoms with E-state index in [1.807, 2.05) is 13.0 Å². The van der Waals surface area contributed by atoms with E-state index in [1.54, 1.807) is 43.5 Å². The molecular formula is C19H20O6. The first kappa shape index (κ1) is 17.0. The van der Waals surface area contributed by atoms with Crippen LogP contribution >= 0.6 is 0 Å². The van der Waals surface area contributed by atoms with E-state index in [1.165, 1.54) is 0 Å². The number of fused-ring (bicyclic) bond motifs is 1. The van der Waals surface area contributed by atoms with Crippen molar-refractivity contribution >= 4 is 5.97 Å². The van der Waals surface area contributed by atoms with E-state index < -0.39 is 18.2 Å². The number of aliphatic carboxylic acids is 1. The lowest BCUT2D eigenvalue weighted by Gasteiger charge is -2.32. The number of benzene rings is 2. The Morgan fingerprint density at radius 3 is 2.48 bits per heavy atom. The topological polar surface area (TPSA) is 74.2 Å². The van der Waals surface area contributed by atoms with Gasteiger partial charge in [-0.1, -0.05) is 25.1 Å². The highest BCUT2D eigenvalue weighted by Gasteiger charge is 2.38. The summed E-state index contributed by atoms with van der Waals surface area (Å²) in [6.07, 6.45) is -1.06. The quantitative estimate of drug-likeness (QED) is 0.865. The molecular weight excluding hydrogens is 324 g/mol. The number of rotatable bonds is 6. The zero-order chi connectivity index (χ0) is 17.8. The molecule has 0 saturated heterocycles. The predicted octanol–water partition coefficient (Wildman–Crippen LogP) is 3.45. The Balaban J connectivity index is 1.94. The van der Waals surface area contributed by atoms with Gasteiger partial charge in [-0.25, -0.2) is 4.79 Å². The summed E-state index contributed by atoms with van der Waals surface area (Å²) in [7, 11) is 1.54. The molecule has 1 aliphatic heterocycles. The second-order valence-electron chi connectivity index (χ2n) is 5.62. The van der Waals surface area contributed by atoms with Gasteiger partial charge in [0.05, 0.1) is 13.7 Å². The Bertz CT molecular complexity index is 757. The number of hydrogen-bond acceptors (Lipinski definition) is 5. The van der Waals surface area contributed by atoms with E-state index in [0.29, 0.717) is 35.2 Å². The minimum Gasteiger partial charge on any atom is -0.493 e. The molecule has 1 aliphatic rings. The molecule has 0 aromatic heterocycles. The molecule has 0 radical (unpaired) electrons. The third kappa shape index (κ3) is 3.47. The maximum absolute atomic E-state index is 11.6. The number of hydrogen-bond donors (Lipinski definition) is 1. The van der Waals surface area contributed by atoms with Gasteiger partial charge < -0.3 is 24.1 Å². The summed E-state index contributed by atoms with van der Waals surface area (Å²) in [4.78, 5) is 11.6. The monoisotopic (exact) mass is 344 g/mol. The summed E-state index contributed by atoms with van der Waals surface area (Å²) in [6.45, 7) is 2.59. The first-order valence-electron chi connectivity index (χ1n) is 8.10. The average molecular weight is 344 g/mol. The lowest BCUT2D eigenvalue weighted by Crippen LogP contribution is -2.39.